The van der Waals surface area contributed by atoms with Crippen LogP contribution in [0, 0.1) is 5.82 Å². The number of benzene rings is 2. The molecule has 0 aliphatic heterocycles. The fourth-order valence-electron chi connectivity index (χ4n) is 1.89. The van der Waals surface area contributed by atoms with Gasteiger partial charge in [-0.3, -0.25) is 0 Å². The number of nitrogens with one attached hydrogen (secondary N) is 2. The summed E-state index contributed by atoms with van der Waals surface area (Å²) in [5.41, 5.74) is 1.74. The molecule has 0 bridgehead atoms. The van der Waals surface area contributed by atoms with Crippen molar-refractivity contribution >= 4 is 44.9 Å². The second-order valence-electron chi connectivity index (χ2n) is 4.72. The first-order chi connectivity index (χ1) is 10.5. The third-order valence-corrected chi connectivity index (χ3v) is 4.09. The summed E-state index contributed by atoms with van der Waals surface area (Å²) in [6.07, 6.45) is 0.838. The maximum atomic E-state index is 13.6. The number of halogens is 3. The van der Waals surface area contributed by atoms with Crippen LogP contribution in [0.25, 0.3) is 0 Å². The number of thiocarbonyl (C=S) groups is 1. The molecule has 2 nitrogen and oxygen atoms in total. The Morgan fingerprint density at radius 1 is 1.14 bits per heavy atom. The number of hydrogen-bond acceptors (Lipinski definition) is 1. The van der Waals surface area contributed by atoms with E-state index in [1.165, 1.54) is 11.6 Å². The molecular formula is C16H15BrClFN2S. The van der Waals surface area contributed by atoms with Crippen LogP contribution in [0.1, 0.15) is 11.1 Å². The summed E-state index contributed by atoms with van der Waals surface area (Å²) in [6.45, 7) is 1.05. The van der Waals surface area contributed by atoms with Gasteiger partial charge in [0.2, 0.25) is 0 Å². The molecule has 0 aromatic heterocycles. The van der Waals surface area contributed by atoms with Crippen LogP contribution in [0.5, 0.6) is 0 Å². The van der Waals surface area contributed by atoms with Crippen LogP contribution < -0.4 is 10.6 Å². The molecule has 0 heterocycles. The molecule has 22 heavy (non-hydrogen) atoms. The minimum atomic E-state index is -0.250. The van der Waals surface area contributed by atoms with Gasteiger partial charge >= 0.3 is 0 Å². The van der Waals surface area contributed by atoms with E-state index >= 15 is 0 Å². The van der Waals surface area contributed by atoms with Gasteiger partial charge < -0.3 is 10.6 Å². The highest BCUT2D eigenvalue weighted by Gasteiger charge is 2.03. The van der Waals surface area contributed by atoms with Gasteiger partial charge in [-0.15, -0.1) is 0 Å². The molecule has 0 aliphatic rings. The van der Waals surface area contributed by atoms with Gasteiger partial charge in [0.25, 0.3) is 0 Å². The van der Waals surface area contributed by atoms with Gasteiger partial charge in [0, 0.05) is 28.1 Å². The fraction of sp³-hybridized carbons (Fsp3) is 0.188. The normalized spacial score (nSPS) is 10.3. The van der Waals surface area contributed by atoms with E-state index in [1.54, 1.807) is 12.1 Å². The fourth-order valence-corrected chi connectivity index (χ4v) is 2.60. The van der Waals surface area contributed by atoms with Crippen LogP contribution in [0.2, 0.25) is 5.02 Å². The zero-order chi connectivity index (χ0) is 15.9. The Bertz CT molecular complexity index is 649. The van der Waals surface area contributed by atoms with Gasteiger partial charge in [0.05, 0.1) is 0 Å². The first kappa shape index (κ1) is 17.2. The summed E-state index contributed by atoms with van der Waals surface area (Å²) in [7, 11) is 0. The Morgan fingerprint density at radius 3 is 2.59 bits per heavy atom. The van der Waals surface area contributed by atoms with E-state index in [2.05, 4.69) is 26.6 Å². The molecule has 0 atom stereocenters. The second-order valence-corrected chi connectivity index (χ2v) is 6.48. The molecule has 116 valence electrons. The first-order valence-electron chi connectivity index (χ1n) is 6.74. The molecule has 0 aliphatic carbocycles. The van der Waals surface area contributed by atoms with Gasteiger partial charge in [-0.1, -0.05) is 39.7 Å². The van der Waals surface area contributed by atoms with Crippen LogP contribution >= 0.6 is 39.7 Å². The van der Waals surface area contributed by atoms with E-state index < -0.39 is 0 Å². The highest BCUT2D eigenvalue weighted by molar-refractivity contribution is 9.10. The first-order valence-corrected chi connectivity index (χ1v) is 8.32. The Hall–Kier alpha value is -1.17. The van der Waals surface area contributed by atoms with Crippen molar-refractivity contribution < 1.29 is 4.39 Å². The van der Waals surface area contributed by atoms with Crippen molar-refractivity contribution in [2.75, 3.05) is 6.54 Å². The average Bonchev–Trinajstić information content (AvgIpc) is 2.50. The predicted molar refractivity (Wildman–Crippen MR) is 96.7 cm³/mol. The summed E-state index contributed by atoms with van der Waals surface area (Å²) in [5.74, 6) is -0.250. The topological polar surface area (TPSA) is 24.1 Å². The lowest BCUT2D eigenvalue weighted by atomic mass is 10.1. The summed E-state index contributed by atoms with van der Waals surface area (Å²) < 4.78 is 14.4. The molecule has 0 saturated carbocycles. The van der Waals surface area contributed by atoms with Gasteiger partial charge in [-0.05, 0) is 54.5 Å². The highest BCUT2D eigenvalue weighted by atomic mass is 79.9. The molecule has 0 fully saturated rings. The van der Waals surface area contributed by atoms with E-state index in [0.717, 1.165) is 15.9 Å². The molecule has 0 unspecified atom stereocenters. The van der Waals surface area contributed by atoms with Gasteiger partial charge in [-0.25, -0.2) is 4.39 Å². The summed E-state index contributed by atoms with van der Waals surface area (Å²) >= 11 is 14.4. The van der Waals surface area contributed by atoms with Crippen LogP contribution in [0.4, 0.5) is 4.39 Å². The van der Waals surface area contributed by atoms with Crippen LogP contribution in [0.3, 0.4) is 0 Å². The summed E-state index contributed by atoms with van der Waals surface area (Å²) in [6, 6.07) is 12.5. The van der Waals surface area contributed by atoms with Crippen LogP contribution in [-0.4, -0.2) is 11.7 Å². The number of hydrogen-bond donors (Lipinski definition) is 2. The third-order valence-electron chi connectivity index (χ3n) is 3.06. The number of rotatable bonds is 5. The molecule has 0 spiro atoms. The van der Waals surface area contributed by atoms with Gasteiger partial charge in [0.15, 0.2) is 5.11 Å². The van der Waals surface area contributed by atoms with Crippen molar-refractivity contribution in [1.29, 1.82) is 0 Å². The Morgan fingerprint density at radius 2 is 1.86 bits per heavy atom. The largest absolute Gasteiger partial charge is 0.362 e. The van der Waals surface area contributed by atoms with Crippen molar-refractivity contribution in [3.05, 3.63) is 68.9 Å². The summed E-state index contributed by atoms with van der Waals surface area (Å²) in [5, 5.41) is 7.34. The van der Waals surface area contributed by atoms with Crippen molar-refractivity contribution in [1.82, 2.24) is 10.6 Å². The Labute approximate surface area is 148 Å². The second kappa shape index (κ2) is 8.46. The van der Waals surface area contributed by atoms with Crippen LogP contribution in [0.15, 0.2) is 46.9 Å². The Balaban J connectivity index is 1.74. The lowest BCUT2D eigenvalue weighted by molar-refractivity contribution is 0.605. The molecule has 2 aromatic carbocycles. The van der Waals surface area contributed by atoms with E-state index in [9.17, 15) is 4.39 Å². The molecular weight excluding hydrogens is 387 g/mol. The third kappa shape index (κ3) is 5.55. The van der Waals surface area contributed by atoms with E-state index in [1.807, 2.05) is 24.3 Å². The molecule has 0 amide bonds. The monoisotopic (exact) mass is 400 g/mol. The maximum Gasteiger partial charge on any atom is 0.166 e. The molecule has 2 aromatic rings. The molecule has 2 N–H and O–H groups in total. The van der Waals surface area contributed by atoms with Crippen LogP contribution in [-0.2, 0) is 13.0 Å². The molecule has 0 radical (unpaired) electrons. The highest BCUT2D eigenvalue weighted by Crippen LogP contribution is 2.15. The van der Waals surface area contributed by atoms with E-state index in [0.29, 0.717) is 23.8 Å². The van der Waals surface area contributed by atoms with Gasteiger partial charge in [-0.2, -0.15) is 0 Å². The average molecular weight is 402 g/mol. The summed E-state index contributed by atoms with van der Waals surface area (Å²) in [4.78, 5) is 0. The Kier molecular flexibility index (Phi) is 6.61. The quantitative estimate of drug-likeness (QED) is 0.724. The van der Waals surface area contributed by atoms with Gasteiger partial charge in [0.1, 0.15) is 5.82 Å². The van der Waals surface area contributed by atoms with E-state index in [4.69, 9.17) is 23.8 Å². The predicted octanol–water partition coefficient (Wildman–Crippen LogP) is 4.45. The van der Waals surface area contributed by atoms with Crippen molar-refractivity contribution in [3.8, 4) is 0 Å². The standard InChI is InChI=1S/C16H15BrClFN2S/c17-13-3-6-15(19)12(9-13)10-21-16(22)20-8-7-11-1-4-14(18)5-2-11/h1-6,9H,7-8,10H2,(H2,20,21,22). The SMILES string of the molecule is Fc1ccc(Br)cc1CNC(=S)NCCc1ccc(Cl)cc1. The lowest BCUT2D eigenvalue weighted by Crippen LogP contribution is -2.36. The van der Waals surface area contributed by atoms with E-state index in [-0.39, 0.29) is 5.82 Å². The zero-order valence-electron chi connectivity index (χ0n) is 11.7. The molecule has 2 rings (SSSR count). The van der Waals surface area contributed by atoms with Crippen molar-refractivity contribution in [2.24, 2.45) is 0 Å². The molecule has 0 saturated heterocycles. The maximum absolute atomic E-state index is 13.6. The zero-order valence-corrected chi connectivity index (χ0v) is 14.9. The molecule has 6 heteroatoms. The minimum absolute atomic E-state index is 0.250. The van der Waals surface area contributed by atoms with Crippen molar-refractivity contribution in [2.45, 2.75) is 13.0 Å². The smallest absolute Gasteiger partial charge is 0.166 e. The minimum Gasteiger partial charge on any atom is -0.362 e. The van der Waals surface area contributed by atoms with Crippen molar-refractivity contribution in [3.63, 3.8) is 0 Å². The lowest BCUT2D eigenvalue weighted by Gasteiger charge is -2.11.